The van der Waals surface area contributed by atoms with Crippen LogP contribution < -0.4 is 9.47 Å². The molecule has 1 aliphatic rings. The summed E-state index contributed by atoms with van der Waals surface area (Å²) in [4.78, 5) is 14.5. The molecule has 2 rings (SSSR count). The first-order chi connectivity index (χ1) is 9.15. The number of benzene rings is 1. The van der Waals surface area contributed by atoms with Gasteiger partial charge in [-0.25, -0.2) is 0 Å². The van der Waals surface area contributed by atoms with Crippen LogP contribution in [0.25, 0.3) is 0 Å². The van der Waals surface area contributed by atoms with Crippen LogP contribution in [0, 0.1) is 0 Å². The van der Waals surface area contributed by atoms with Gasteiger partial charge in [0.05, 0.1) is 14.2 Å². The van der Waals surface area contributed by atoms with E-state index >= 15 is 0 Å². The molecule has 0 saturated carbocycles. The highest BCUT2D eigenvalue weighted by atomic mass is 16.5. The molecule has 1 aliphatic heterocycles. The van der Waals surface area contributed by atoms with Gasteiger partial charge in [0.2, 0.25) is 0 Å². The van der Waals surface area contributed by atoms with Crippen molar-refractivity contribution in [2.45, 2.75) is 32.2 Å². The molecule has 1 fully saturated rings. The monoisotopic (exact) mass is 263 g/mol. The van der Waals surface area contributed by atoms with E-state index in [2.05, 4.69) is 6.92 Å². The molecule has 4 nitrogen and oxygen atoms in total. The SMILES string of the molecule is COc1cc(OC)cc(C(=O)N2CCCCC2C)c1. The second-order valence-corrected chi connectivity index (χ2v) is 4.94. The minimum atomic E-state index is 0.0596. The first-order valence-corrected chi connectivity index (χ1v) is 6.69. The van der Waals surface area contributed by atoms with E-state index in [1.165, 1.54) is 6.42 Å². The van der Waals surface area contributed by atoms with Crippen LogP contribution in [0.3, 0.4) is 0 Å². The quantitative estimate of drug-likeness (QED) is 0.841. The second-order valence-electron chi connectivity index (χ2n) is 4.94. The first-order valence-electron chi connectivity index (χ1n) is 6.69. The summed E-state index contributed by atoms with van der Waals surface area (Å²) in [5.41, 5.74) is 0.630. The molecule has 0 radical (unpaired) electrons. The molecule has 104 valence electrons. The third-order valence-corrected chi connectivity index (χ3v) is 3.66. The van der Waals surface area contributed by atoms with Crippen LogP contribution in [0.15, 0.2) is 18.2 Å². The number of hydrogen-bond acceptors (Lipinski definition) is 3. The summed E-state index contributed by atoms with van der Waals surface area (Å²) in [6.07, 6.45) is 3.36. The van der Waals surface area contributed by atoms with E-state index in [1.807, 2.05) is 4.90 Å². The lowest BCUT2D eigenvalue weighted by Crippen LogP contribution is -2.42. The summed E-state index contributed by atoms with van der Waals surface area (Å²) in [6, 6.07) is 5.62. The fourth-order valence-corrected chi connectivity index (χ4v) is 2.50. The fraction of sp³-hybridized carbons (Fsp3) is 0.533. The molecule has 1 heterocycles. The van der Waals surface area contributed by atoms with Crippen LogP contribution in [-0.2, 0) is 0 Å². The van der Waals surface area contributed by atoms with Crippen molar-refractivity contribution in [3.63, 3.8) is 0 Å². The molecular weight excluding hydrogens is 242 g/mol. The van der Waals surface area contributed by atoms with E-state index < -0.39 is 0 Å². The Hall–Kier alpha value is -1.71. The van der Waals surface area contributed by atoms with Gasteiger partial charge >= 0.3 is 0 Å². The zero-order valence-electron chi connectivity index (χ0n) is 11.8. The van der Waals surface area contributed by atoms with Gasteiger partial charge in [0.25, 0.3) is 5.91 Å². The van der Waals surface area contributed by atoms with Gasteiger partial charge in [-0.05, 0) is 38.3 Å². The summed E-state index contributed by atoms with van der Waals surface area (Å²) in [6.45, 7) is 2.94. The number of nitrogens with zero attached hydrogens (tertiary/aromatic N) is 1. The molecule has 0 aliphatic carbocycles. The van der Waals surface area contributed by atoms with Crippen molar-refractivity contribution in [1.29, 1.82) is 0 Å². The predicted molar refractivity (Wildman–Crippen MR) is 73.9 cm³/mol. The average Bonchev–Trinajstić information content (AvgIpc) is 2.46. The summed E-state index contributed by atoms with van der Waals surface area (Å²) in [5, 5.41) is 0. The van der Waals surface area contributed by atoms with Crippen molar-refractivity contribution in [2.24, 2.45) is 0 Å². The van der Waals surface area contributed by atoms with Crippen LogP contribution in [0.1, 0.15) is 36.5 Å². The predicted octanol–water partition coefficient (Wildman–Crippen LogP) is 2.72. The fourth-order valence-electron chi connectivity index (χ4n) is 2.50. The largest absolute Gasteiger partial charge is 0.497 e. The number of methoxy groups -OCH3 is 2. The molecule has 1 unspecified atom stereocenters. The number of ether oxygens (including phenoxy) is 2. The lowest BCUT2D eigenvalue weighted by molar-refractivity contribution is 0.0635. The maximum Gasteiger partial charge on any atom is 0.254 e. The Bertz CT molecular complexity index is 436. The number of piperidine rings is 1. The highest BCUT2D eigenvalue weighted by Crippen LogP contribution is 2.25. The zero-order valence-corrected chi connectivity index (χ0v) is 11.8. The van der Waals surface area contributed by atoms with E-state index in [1.54, 1.807) is 32.4 Å². The van der Waals surface area contributed by atoms with E-state index in [9.17, 15) is 4.79 Å². The van der Waals surface area contributed by atoms with Crippen LogP contribution in [0.4, 0.5) is 0 Å². The van der Waals surface area contributed by atoms with Gasteiger partial charge in [0, 0.05) is 24.2 Å². The van der Waals surface area contributed by atoms with Crippen LogP contribution in [0.5, 0.6) is 11.5 Å². The van der Waals surface area contributed by atoms with Crippen LogP contribution in [0.2, 0.25) is 0 Å². The Labute approximate surface area is 114 Å². The number of carbonyl (C=O) groups excluding carboxylic acids is 1. The van der Waals surface area contributed by atoms with Crippen molar-refractivity contribution >= 4 is 5.91 Å². The molecule has 1 aromatic rings. The molecule has 19 heavy (non-hydrogen) atoms. The van der Waals surface area contributed by atoms with E-state index in [4.69, 9.17) is 9.47 Å². The van der Waals surface area contributed by atoms with E-state index in [0.717, 1.165) is 19.4 Å². The van der Waals surface area contributed by atoms with Crippen molar-refractivity contribution in [3.8, 4) is 11.5 Å². The van der Waals surface area contributed by atoms with Crippen molar-refractivity contribution in [1.82, 2.24) is 4.90 Å². The molecule has 0 N–H and O–H groups in total. The lowest BCUT2D eigenvalue weighted by atomic mass is 10.0. The number of likely N-dealkylation sites (tertiary alicyclic amines) is 1. The summed E-state index contributed by atoms with van der Waals surface area (Å²) in [7, 11) is 3.18. The Balaban J connectivity index is 2.26. The molecule has 1 saturated heterocycles. The topological polar surface area (TPSA) is 38.8 Å². The second kappa shape index (κ2) is 5.95. The van der Waals surface area contributed by atoms with Crippen molar-refractivity contribution in [2.75, 3.05) is 20.8 Å². The lowest BCUT2D eigenvalue weighted by Gasteiger charge is -2.33. The van der Waals surface area contributed by atoms with Crippen molar-refractivity contribution in [3.05, 3.63) is 23.8 Å². The van der Waals surface area contributed by atoms with Gasteiger partial charge < -0.3 is 14.4 Å². The standard InChI is InChI=1S/C15H21NO3/c1-11-6-4-5-7-16(11)15(17)12-8-13(18-2)10-14(9-12)19-3/h8-11H,4-7H2,1-3H3. The molecular formula is C15H21NO3. The summed E-state index contributed by atoms with van der Waals surface area (Å²) >= 11 is 0. The Kier molecular flexibility index (Phi) is 4.30. The molecule has 0 bridgehead atoms. The highest BCUT2D eigenvalue weighted by molar-refractivity contribution is 5.95. The van der Waals surface area contributed by atoms with Crippen LogP contribution in [-0.4, -0.2) is 37.6 Å². The third-order valence-electron chi connectivity index (χ3n) is 3.66. The summed E-state index contributed by atoms with van der Waals surface area (Å²) in [5.74, 6) is 1.35. The molecule has 0 aromatic heterocycles. The van der Waals surface area contributed by atoms with Gasteiger partial charge in [-0.1, -0.05) is 0 Å². The van der Waals surface area contributed by atoms with Gasteiger partial charge in [-0.3, -0.25) is 4.79 Å². The van der Waals surface area contributed by atoms with Gasteiger partial charge in [0.1, 0.15) is 11.5 Å². The zero-order chi connectivity index (χ0) is 13.8. The Morgan fingerprint density at radius 2 is 1.79 bits per heavy atom. The Morgan fingerprint density at radius 1 is 1.16 bits per heavy atom. The normalized spacial score (nSPS) is 19.1. The highest BCUT2D eigenvalue weighted by Gasteiger charge is 2.24. The van der Waals surface area contributed by atoms with Gasteiger partial charge in [0.15, 0.2) is 0 Å². The Morgan fingerprint density at radius 3 is 2.32 bits per heavy atom. The number of hydrogen-bond donors (Lipinski definition) is 0. The molecule has 1 amide bonds. The average molecular weight is 263 g/mol. The molecule has 0 spiro atoms. The minimum Gasteiger partial charge on any atom is -0.497 e. The van der Waals surface area contributed by atoms with Gasteiger partial charge in [-0.15, -0.1) is 0 Å². The molecule has 4 heteroatoms. The minimum absolute atomic E-state index is 0.0596. The molecule has 1 atom stereocenters. The van der Waals surface area contributed by atoms with E-state index in [-0.39, 0.29) is 5.91 Å². The number of amides is 1. The smallest absolute Gasteiger partial charge is 0.254 e. The van der Waals surface area contributed by atoms with Crippen molar-refractivity contribution < 1.29 is 14.3 Å². The first kappa shape index (κ1) is 13.7. The molecule has 1 aromatic carbocycles. The number of rotatable bonds is 3. The maximum absolute atomic E-state index is 12.6. The maximum atomic E-state index is 12.6. The van der Waals surface area contributed by atoms with E-state index in [0.29, 0.717) is 23.1 Å². The van der Waals surface area contributed by atoms with Crippen LogP contribution >= 0.6 is 0 Å². The van der Waals surface area contributed by atoms with Gasteiger partial charge in [-0.2, -0.15) is 0 Å². The number of carbonyl (C=O) groups is 1. The summed E-state index contributed by atoms with van der Waals surface area (Å²) < 4.78 is 10.4. The third kappa shape index (κ3) is 3.00.